The molecule has 0 radical (unpaired) electrons. The van der Waals surface area contributed by atoms with E-state index >= 15 is 0 Å². The Hall–Kier alpha value is -0.440. The average molecular weight is 176 g/mol. The minimum absolute atomic E-state index is 1.03. The summed E-state index contributed by atoms with van der Waals surface area (Å²) in [5, 5.41) is 0. The zero-order chi connectivity index (χ0) is 5.98. The van der Waals surface area contributed by atoms with Gasteiger partial charge in [0, 0.05) is 10.7 Å². The summed E-state index contributed by atoms with van der Waals surface area (Å²) in [7, 11) is 1.62. The third-order valence-corrected chi connectivity index (χ3v) is 1.31. The van der Waals surface area contributed by atoms with Crippen LogP contribution in [0.4, 0.5) is 0 Å². The Labute approximate surface area is 56.2 Å². The molecule has 0 atom stereocenters. The molecule has 0 aromatic carbocycles. The highest BCUT2D eigenvalue weighted by Crippen LogP contribution is 2.06. The van der Waals surface area contributed by atoms with Gasteiger partial charge in [0.1, 0.15) is 7.11 Å². The van der Waals surface area contributed by atoms with Crippen LogP contribution in [0.25, 0.3) is 0 Å². The van der Waals surface area contributed by atoms with E-state index in [1.165, 1.54) is 0 Å². The molecular weight excluding hydrogens is 170 g/mol. The van der Waals surface area contributed by atoms with E-state index in [1.807, 2.05) is 18.5 Å². The first-order valence-corrected chi connectivity index (χ1v) is 3.00. The average Bonchev–Trinajstić information content (AvgIpc) is 2.14. The molecule has 0 saturated carbocycles. The monoisotopic (exact) mass is 175 g/mol. The van der Waals surface area contributed by atoms with Crippen molar-refractivity contribution in [3.05, 3.63) is 22.9 Å². The number of aromatic nitrogens is 1. The van der Waals surface area contributed by atoms with E-state index in [0.717, 1.165) is 4.47 Å². The summed E-state index contributed by atoms with van der Waals surface area (Å²) in [4.78, 5) is 4.82. The van der Waals surface area contributed by atoms with Crippen molar-refractivity contribution in [2.24, 2.45) is 0 Å². The maximum atomic E-state index is 4.82. The Morgan fingerprint density at radius 1 is 1.75 bits per heavy atom. The molecule has 3 heteroatoms. The lowest BCUT2D eigenvalue weighted by atomic mass is 10.7. The largest absolute Gasteiger partial charge is 0.418 e. The van der Waals surface area contributed by atoms with Crippen molar-refractivity contribution in [2.45, 2.75) is 0 Å². The Bertz CT molecular complexity index is 173. The van der Waals surface area contributed by atoms with Crippen LogP contribution in [0.3, 0.4) is 0 Å². The van der Waals surface area contributed by atoms with Gasteiger partial charge in [-0.15, -0.1) is 0 Å². The zero-order valence-electron chi connectivity index (χ0n) is 4.47. The Balaban J connectivity index is 2.84. The van der Waals surface area contributed by atoms with Crippen molar-refractivity contribution in [3.63, 3.8) is 0 Å². The van der Waals surface area contributed by atoms with Crippen LogP contribution in [0.5, 0.6) is 0 Å². The molecule has 44 valence electrons. The first-order chi connectivity index (χ1) is 3.83. The van der Waals surface area contributed by atoms with Crippen LogP contribution >= 0.6 is 15.9 Å². The van der Waals surface area contributed by atoms with Crippen LogP contribution < -0.4 is 4.84 Å². The van der Waals surface area contributed by atoms with Gasteiger partial charge in [0.15, 0.2) is 0 Å². The number of rotatable bonds is 1. The Kier molecular flexibility index (Phi) is 1.58. The van der Waals surface area contributed by atoms with Crippen LogP contribution in [0.2, 0.25) is 0 Å². The smallest absolute Gasteiger partial charge is 0.104 e. The summed E-state index contributed by atoms with van der Waals surface area (Å²) in [5.74, 6) is 0. The molecule has 1 heterocycles. The van der Waals surface area contributed by atoms with Crippen LogP contribution in [-0.4, -0.2) is 11.8 Å². The van der Waals surface area contributed by atoms with Gasteiger partial charge in [0.2, 0.25) is 0 Å². The number of hydrogen-bond donors (Lipinski definition) is 0. The van der Waals surface area contributed by atoms with E-state index in [0.29, 0.717) is 0 Å². The van der Waals surface area contributed by atoms with Crippen molar-refractivity contribution in [3.8, 4) is 0 Å². The summed E-state index contributed by atoms with van der Waals surface area (Å²) < 4.78 is 2.64. The maximum absolute atomic E-state index is 4.82. The van der Waals surface area contributed by atoms with Gasteiger partial charge in [-0.25, -0.2) is 0 Å². The van der Waals surface area contributed by atoms with Gasteiger partial charge in [-0.05, 0) is 22.0 Å². The minimum Gasteiger partial charge on any atom is -0.418 e. The molecule has 1 rings (SSSR count). The normalized spacial score (nSPS) is 9.25. The summed E-state index contributed by atoms with van der Waals surface area (Å²) in [6, 6.07) is 1.91. The molecule has 0 aliphatic carbocycles. The molecule has 8 heavy (non-hydrogen) atoms. The standard InChI is InChI=1S/C5H6BrNO/c1-8-7-3-2-5(6)4-7/h2-4H,1H3. The van der Waals surface area contributed by atoms with Crippen LogP contribution in [0, 0.1) is 0 Å². The molecule has 0 bridgehead atoms. The van der Waals surface area contributed by atoms with E-state index < -0.39 is 0 Å². The first kappa shape index (κ1) is 5.69. The highest BCUT2D eigenvalue weighted by atomic mass is 79.9. The van der Waals surface area contributed by atoms with Gasteiger partial charge < -0.3 is 4.84 Å². The molecule has 0 fully saturated rings. The Morgan fingerprint density at radius 2 is 2.50 bits per heavy atom. The van der Waals surface area contributed by atoms with Gasteiger partial charge in [0.05, 0.1) is 6.20 Å². The molecule has 0 aliphatic rings. The number of nitrogens with zero attached hydrogens (tertiary/aromatic N) is 1. The fraction of sp³-hybridized carbons (Fsp3) is 0.200. The highest BCUT2D eigenvalue weighted by molar-refractivity contribution is 9.10. The molecule has 0 N–H and O–H groups in total. The lowest BCUT2D eigenvalue weighted by molar-refractivity contribution is 0.168. The second kappa shape index (κ2) is 2.22. The van der Waals surface area contributed by atoms with Crippen molar-refractivity contribution in [1.82, 2.24) is 4.73 Å². The third-order valence-electron chi connectivity index (χ3n) is 0.842. The second-order valence-corrected chi connectivity index (χ2v) is 2.29. The lowest BCUT2D eigenvalue weighted by Gasteiger charge is -1.94. The molecular formula is C5H6BrNO. The molecule has 1 aromatic heterocycles. The van der Waals surface area contributed by atoms with Crippen molar-refractivity contribution >= 4 is 15.9 Å². The molecule has 2 nitrogen and oxygen atoms in total. The highest BCUT2D eigenvalue weighted by Gasteiger charge is 1.87. The van der Waals surface area contributed by atoms with Crippen molar-refractivity contribution in [2.75, 3.05) is 7.11 Å². The number of halogens is 1. The lowest BCUT2D eigenvalue weighted by Crippen LogP contribution is -2.00. The van der Waals surface area contributed by atoms with E-state index in [2.05, 4.69) is 15.9 Å². The first-order valence-electron chi connectivity index (χ1n) is 2.21. The summed E-state index contributed by atoms with van der Waals surface area (Å²) in [5.41, 5.74) is 0. The van der Waals surface area contributed by atoms with Gasteiger partial charge in [-0.3, -0.25) is 0 Å². The molecule has 1 aromatic rings. The second-order valence-electron chi connectivity index (χ2n) is 1.37. The number of hydrogen-bond acceptors (Lipinski definition) is 1. The van der Waals surface area contributed by atoms with Gasteiger partial charge in [-0.2, -0.15) is 4.73 Å². The maximum Gasteiger partial charge on any atom is 0.104 e. The van der Waals surface area contributed by atoms with Gasteiger partial charge >= 0.3 is 0 Å². The third kappa shape index (κ3) is 1.04. The van der Waals surface area contributed by atoms with E-state index in [-0.39, 0.29) is 0 Å². The minimum atomic E-state index is 1.03. The summed E-state index contributed by atoms with van der Waals surface area (Å²) in [6.45, 7) is 0. The Morgan fingerprint density at radius 3 is 2.75 bits per heavy atom. The predicted molar refractivity (Wildman–Crippen MR) is 34.6 cm³/mol. The predicted octanol–water partition coefficient (Wildman–Crippen LogP) is 1.31. The quantitative estimate of drug-likeness (QED) is 0.629. The zero-order valence-corrected chi connectivity index (χ0v) is 6.05. The SMILES string of the molecule is COn1ccc(Br)c1. The fourth-order valence-corrected chi connectivity index (χ4v) is 0.786. The van der Waals surface area contributed by atoms with E-state index in [9.17, 15) is 0 Å². The van der Waals surface area contributed by atoms with Crippen molar-refractivity contribution < 1.29 is 4.84 Å². The molecule has 0 saturated heterocycles. The molecule has 0 aliphatic heterocycles. The van der Waals surface area contributed by atoms with Crippen LogP contribution in [0.1, 0.15) is 0 Å². The summed E-state index contributed by atoms with van der Waals surface area (Å²) >= 11 is 3.27. The van der Waals surface area contributed by atoms with Crippen LogP contribution in [-0.2, 0) is 0 Å². The van der Waals surface area contributed by atoms with Gasteiger partial charge in [-0.1, -0.05) is 0 Å². The van der Waals surface area contributed by atoms with E-state index in [1.54, 1.807) is 11.8 Å². The molecule has 0 amide bonds. The fourth-order valence-electron chi connectivity index (χ4n) is 0.466. The van der Waals surface area contributed by atoms with Crippen molar-refractivity contribution in [1.29, 1.82) is 0 Å². The van der Waals surface area contributed by atoms with Crippen LogP contribution in [0.15, 0.2) is 22.9 Å². The topological polar surface area (TPSA) is 14.2 Å². The van der Waals surface area contributed by atoms with E-state index in [4.69, 9.17) is 4.84 Å². The van der Waals surface area contributed by atoms with Gasteiger partial charge in [0.25, 0.3) is 0 Å². The molecule has 0 unspecified atom stereocenters. The summed E-state index contributed by atoms with van der Waals surface area (Å²) in [6.07, 6.45) is 3.66. The molecule has 0 spiro atoms.